The number of nitrogens with zero attached hydrogens (tertiary/aromatic N) is 3. The molecule has 1 fully saturated rings. The molecule has 5 heteroatoms. The molecule has 0 bridgehead atoms. The molecule has 0 spiro atoms. The number of aromatic nitrogens is 2. The molecule has 3 heterocycles. The summed E-state index contributed by atoms with van der Waals surface area (Å²) in [5.74, 6) is -0.0359. The number of fused-ring (bicyclic) bond motifs is 3. The summed E-state index contributed by atoms with van der Waals surface area (Å²) in [5.41, 5.74) is 1.51. The SMILES string of the molecule is O=C1c2cnncc2C2(c3ccccc3)OCCN12. The molecule has 94 valence electrons. The quantitative estimate of drug-likeness (QED) is 0.765. The summed E-state index contributed by atoms with van der Waals surface area (Å²) >= 11 is 0. The van der Waals surface area contributed by atoms with Crippen molar-refractivity contribution in [2.75, 3.05) is 13.2 Å². The van der Waals surface area contributed by atoms with E-state index in [1.165, 1.54) is 6.20 Å². The fourth-order valence-corrected chi connectivity index (χ4v) is 2.95. The summed E-state index contributed by atoms with van der Waals surface area (Å²) in [5, 5.41) is 7.72. The molecule has 0 N–H and O–H groups in total. The Morgan fingerprint density at radius 3 is 2.79 bits per heavy atom. The van der Waals surface area contributed by atoms with Crippen LogP contribution in [-0.4, -0.2) is 34.2 Å². The van der Waals surface area contributed by atoms with Crippen molar-refractivity contribution in [3.63, 3.8) is 0 Å². The molecule has 4 rings (SSSR count). The van der Waals surface area contributed by atoms with Crippen molar-refractivity contribution in [2.24, 2.45) is 0 Å². The Balaban J connectivity index is 2.02. The van der Waals surface area contributed by atoms with Crippen LogP contribution in [0.5, 0.6) is 0 Å². The number of hydrogen-bond donors (Lipinski definition) is 0. The van der Waals surface area contributed by atoms with Gasteiger partial charge in [-0.05, 0) is 0 Å². The molecular formula is C14H11N3O2. The molecule has 1 aromatic carbocycles. The van der Waals surface area contributed by atoms with Gasteiger partial charge in [0.25, 0.3) is 5.91 Å². The Morgan fingerprint density at radius 2 is 1.95 bits per heavy atom. The maximum atomic E-state index is 12.4. The molecule has 2 aliphatic rings. The van der Waals surface area contributed by atoms with Crippen molar-refractivity contribution in [2.45, 2.75) is 5.72 Å². The summed E-state index contributed by atoms with van der Waals surface area (Å²) in [7, 11) is 0. The topological polar surface area (TPSA) is 55.3 Å². The van der Waals surface area contributed by atoms with Gasteiger partial charge in [0, 0.05) is 17.7 Å². The Kier molecular flexibility index (Phi) is 2.02. The van der Waals surface area contributed by atoms with Crippen molar-refractivity contribution in [1.29, 1.82) is 0 Å². The van der Waals surface area contributed by atoms with Crippen LogP contribution in [0.3, 0.4) is 0 Å². The molecule has 1 atom stereocenters. The first-order valence-corrected chi connectivity index (χ1v) is 6.16. The van der Waals surface area contributed by atoms with Crippen LogP contribution in [0.4, 0.5) is 0 Å². The molecule has 1 unspecified atom stereocenters. The lowest BCUT2D eigenvalue weighted by atomic mass is 9.96. The highest BCUT2D eigenvalue weighted by Crippen LogP contribution is 2.46. The van der Waals surface area contributed by atoms with Gasteiger partial charge in [0.15, 0.2) is 5.72 Å². The zero-order valence-electron chi connectivity index (χ0n) is 10.1. The lowest BCUT2D eigenvalue weighted by molar-refractivity contribution is -0.0306. The van der Waals surface area contributed by atoms with Crippen LogP contribution in [0.15, 0.2) is 42.7 Å². The van der Waals surface area contributed by atoms with E-state index in [-0.39, 0.29) is 5.91 Å². The predicted molar refractivity (Wildman–Crippen MR) is 66.2 cm³/mol. The van der Waals surface area contributed by atoms with E-state index in [1.54, 1.807) is 11.1 Å². The third-order valence-electron chi connectivity index (χ3n) is 3.74. The Labute approximate surface area is 109 Å². The van der Waals surface area contributed by atoms with E-state index >= 15 is 0 Å². The molecule has 0 radical (unpaired) electrons. The molecule has 5 nitrogen and oxygen atoms in total. The van der Waals surface area contributed by atoms with E-state index in [2.05, 4.69) is 10.2 Å². The van der Waals surface area contributed by atoms with Crippen LogP contribution in [0, 0.1) is 0 Å². The molecule has 2 aromatic rings. The molecule has 1 amide bonds. The summed E-state index contributed by atoms with van der Waals surface area (Å²) in [4.78, 5) is 14.2. The van der Waals surface area contributed by atoms with Crippen molar-refractivity contribution in [3.05, 3.63) is 59.4 Å². The molecule has 0 saturated carbocycles. The fraction of sp³-hybridized carbons (Fsp3) is 0.214. The lowest BCUT2D eigenvalue weighted by Gasteiger charge is -2.31. The summed E-state index contributed by atoms with van der Waals surface area (Å²) in [6.07, 6.45) is 3.15. The minimum absolute atomic E-state index is 0.0359. The fourth-order valence-electron chi connectivity index (χ4n) is 2.95. The van der Waals surface area contributed by atoms with Crippen LogP contribution in [0.1, 0.15) is 21.5 Å². The monoisotopic (exact) mass is 253 g/mol. The predicted octanol–water partition coefficient (Wildman–Crippen LogP) is 1.16. The Morgan fingerprint density at radius 1 is 1.16 bits per heavy atom. The van der Waals surface area contributed by atoms with E-state index in [0.29, 0.717) is 18.7 Å². The first kappa shape index (κ1) is 10.6. The van der Waals surface area contributed by atoms with Gasteiger partial charge in [-0.2, -0.15) is 10.2 Å². The van der Waals surface area contributed by atoms with E-state index in [4.69, 9.17) is 4.74 Å². The van der Waals surface area contributed by atoms with Crippen molar-refractivity contribution >= 4 is 5.91 Å². The van der Waals surface area contributed by atoms with E-state index < -0.39 is 5.72 Å². The van der Waals surface area contributed by atoms with Crippen LogP contribution in [0.25, 0.3) is 0 Å². The van der Waals surface area contributed by atoms with Gasteiger partial charge >= 0.3 is 0 Å². The minimum atomic E-state index is -0.816. The number of carbonyl (C=O) groups is 1. The number of carbonyl (C=O) groups excluding carboxylic acids is 1. The van der Waals surface area contributed by atoms with Gasteiger partial charge in [0.2, 0.25) is 0 Å². The summed E-state index contributed by atoms with van der Waals surface area (Å²) < 4.78 is 5.98. The number of benzene rings is 1. The molecular weight excluding hydrogens is 242 g/mol. The standard InChI is InChI=1S/C14H11N3O2/c18-13-11-8-15-16-9-12(11)14(17(13)6-7-19-14)10-4-2-1-3-5-10/h1-5,8-9H,6-7H2. The second-order valence-corrected chi connectivity index (χ2v) is 4.63. The third kappa shape index (κ3) is 1.20. The van der Waals surface area contributed by atoms with Crippen molar-refractivity contribution in [3.8, 4) is 0 Å². The summed E-state index contributed by atoms with van der Waals surface area (Å²) in [6, 6.07) is 9.78. The lowest BCUT2D eigenvalue weighted by Crippen LogP contribution is -2.40. The number of rotatable bonds is 1. The van der Waals surface area contributed by atoms with Crippen LogP contribution < -0.4 is 0 Å². The Hall–Kier alpha value is -2.27. The average Bonchev–Trinajstić information content (AvgIpc) is 3.01. The van der Waals surface area contributed by atoms with E-state index in [1.807, 2.05) is 30.3 Å². The minimum Gasteiger partial charge on any atom is -0.345 e. The van der Waals surface area contributed by atoms with Crippen LogP contribution >= 0.6 is 0 Å². The zero-order valence-corrected chi connectivity index (χ0v) is 10.1. The molecule has 1 aromatic heterocycles. The number of amides is 1. The van der Waals surface area contributed by atoms with Gasteiger partial charge < -0.3 is 4.74 Å². The van der Waals surface area contributed by atoms with Gasteiger partial charge in [-0.25, -0.2) is 0 Å². The zero-order chi connectivity index (χ0) is 12.9. The highest BCUT2D eigenvalue weighted by Gasteiger charge is 2.55. The highest BCUT2D eigenvalue weighted by atomic mass is 16.5. The maximum Gasteiger partial charge on any atom is 0.258 e. The van der Waals surface area contributed by atoms with Gasteiger partial charge in [-0.15, -0.1) is 0 Å². The van der Waals surface area contributed by atoms with Crippen LogP contribution in [-0.2, 0) is 10.5 Å². The van der Waals surface area contributed by atoms with Gasteiger partial charge in [-0.3, -0.25) is 9.69 Å². The van der Waals surface area contributed by atoms with E-state index in [0.717, 1.165) is 11.1 Å². The van der Waals surface area contributed by atoms with Crippen molar-refractivity contribution in [1.82, 2.24) is 15.1 Å². The molecule has 19 heavy (non-hydrogen) atoms. The van der Waals surface area contributed by atoms with Crippen molar-refractivity contribution < 1.29 is 9.53 Å². The van der Waals surface area contributed by atoms with Gasteiger partial charge in [0.1, 0.15) is 0 Å². The molecule has 2 aliphatic heterocycles. The van der Waals surface area contributed by atoms with E-state index in [9.17, 15) is 4.79 Å². The number of ether oxygens (including phenoxy) is 1. The summed E-state index contributed by atoms with van der Waals surface area (Å²) in [6.45, 7) is 1.12. The third-order valence-corrected chi connectivity index (χ3v) is 3.74. The normalized spacial score (nSPS) is 24.4. The molecule has 0 aliphatic carbocycles. The smallest absolute Gasteiger partial charge is 0.258 e. The second kappa shape index (κ2) is 3.61. The molecule has 1 saturated heterocycles. The Bertz CT molecular complexity index is 659. The largest absolute Gasteiger partial charge is 0.345 e. The second-order valence-electron chi connectivity index (χ2n) is 4.63. The first-order chi connectivity index (χ1) is 9.34. The van der Waals surface area contributed by atoms with Crippen LogP contribution in [0.2, 0.25) is 0 Å². The average molecular weight is 253 g/mol. The maximum absolute atomic E-state index is 12.4. The van der Waals surface area contributed by atoms with Gasteiger partial charge in [-0.1, -0.05) is 30.3 Å². The first-order valence-electron chi connectivity index (χ1n) is 6.16. The number of hydrogen-bond acceptors (Lipinski definition) is 4. The van der Waals surface area contributed by atoms with Gasteiger partial charge in [0.05, 0.1) is 24.6 Å². The highest BCUT2D eigenvalue weighted by molar-refractivity contribution is 6.00.